The molecule has 134 valence electrons. The van der Waals surface area contributed by atoms with Gasteiger partial charge in [-0.25, -0.2) is 14.8 Å². The fraction of sp³-hybridized carbons (Fsp3) is 0.500. The number of hydrogen-bond acceptors (Lipinski definition) is 5. The van der Waals surface area contributed by atoms with Crippen molar-refractivity contribution in [2.75, 3.05) is 18.0 Å². The number of nitrogens with one attached hydrogen (secondary N) is 1. The number of alkyl carbamates (subject to hydrolysis) is 1. The van der Waals surface area contributed by atoms with Crippen molar-refractivity contribution in [3.05, 3.63) is 29.4 Å². The van der Waals surface area contributed by atoms with Crippen molar-refractivity contribution in [2.45, 2.75) is 45.3 Å². The first-order valence-electron chi connectivity index (χ1n) is 8.48. The van der Waals surface area contributed by atoms with Crippen molar-refractivity contribution < 1.29 is 9.53 Å². The maximum atomic E-state index is 12.0. The van der Waals surface area contributed by atoms with E-state index >= 15 is 0 Å². The van der Waals surface area contributed by atoms with Gasteiger partial charge in [0.25, 0.3) is 0 Å². The Kier molecular flexibility index (Phi) is 4.99. The minimum Gasteiger partial charge on any atom is -0.444 e. The lowest BCUT2D eigenvalue weighted by atomic mass is 10.1. The van der Waals surface area contributed by atoms with Crippen LogP contribution in [0.15, 0.2) is 24.3 Å². The fourth-order valence-corrected chi connectivity index (χ4v) is 3.18. The van der Waals surface area contributed by atoms with Crippen molar-refractivity contribution in [3.63, 3.8) is 0 Å². The Morgan fingerprint density at radius 2 is 1.96 bits per heavy atom. The Morgan fingerprint density at radius 1 is 1.28 bits per heavy atom. The molecule has 0 bridgehead atoms. The molecule has 0 radical (unpaired) electrons. The number of fused-ring (bicyclic) bond motifs is 1. The molecule has 1 amide bonds. The van der Waals surface area contributed by atoms with Gasteiger partial charge in [-0.1, -0.05) is 23.7 Å². The lowest BCUT2D eigenvalue weighted by molar-refractivity contribution is 0.0500. The Balaban J connectivity index is 1.73. The minimum atomic E-state index is -0.508. The van der Waals surface area contributed by atoms with Crippen LogP contribution in [0.5, 0.6) is 0 Å². The van der Waals surface area contributed by atoms with Crippen LogP contribution in [-0.2, 0) is 4.74 Å². The quantitative estimate of drug-likeness (QED) is 0.880. The maximum absolute atomic E-state index is 12.0. The van der Waals surface area contributed by atoms with Gasteiger partial charge < -0.3 is 15.0 Å². The summed E-state index contributed by atoms with van der Waals surface area (Å²) in [5, 5.41) is 3.32. The molecule has 2 aromatic rings. The summed E-state index contributed by atoms with van der Waals surface area (Å²) in [5.74, 6) is 0.663. The molecule has 1 aromatic heterocycles. The number of halogens is 1. The summed E-state index contributed by atoms with van der Waals surface area (Å²) >= 11 is 6.35. The number of hydrogen-bond donors (Lipinski definition) is 1. The van der Waals surface area contributed by atoms with Crippen LogP contribution < -0.4 is 10.2 Å². The third kappa shape index (κ3) is 4.51. The van der Waals surface area contributed by atoms with Gasteiger partial charge in [0.05, 0.1) is 11.0 Å². The van der Waals surface area contributed by atoms with Crippen LogP contribution in [0.2, 0.25) is 5.15 Å². The molecule has 1 aliphatic heterocycles. The number of benzene rings is 1. The lowest BCUT2D eigenvalue weighted by Gasteiger charge is -2.34. The van der Waals surface area contributed by atoms with Gasteiger partial charge in [0, 0.05) is 19.1 Å². The van der Waals surface area contributed by atoms with Gasteiger partial charge in [-0.05, 0) is 45.7 Å². The number of anilines is 1. The number of nitrogens with zero attached hydrogens (tertiary/aromatic N) is 3. The molecule has 1 saturated heterocycles. The summed E-state index contributed by atoms with van der Waals surface area (Å²) in [5.41, 5.74) is 1.08. The molecule has 0 aliphatic carbocycles. The monoisotopic (exact) mass is 362 g/mol. The van der Waals surface area contributed by atoms with E-state index in [1.807, 2.05) is 45.0 Å². The predicted molar refractivity (Wildman–Crippen MR) is 99.2 cm³/mol. The third-order valence-corrected chi connectivity index (χ3v) is 4.21. The molecule has 1 unspecified atom stereocenters. The Bertz CT molecular complexity index is 775. The first-order chi connectivity index (χ1) is 11.8. The zero-order valence-electron chi connectivity index (χ0n) is 14.8. The van der Waals surface area contributed by atoms with Crippen molar-refractivity contribution >= 4 is 34.5 Å². The first-order valence-corrected chi connectivity index (χ1v) is 8.86. The number of carbonyl (C=O) groups is 1. The standard InChI is InChI=1S/C18H23ClN4O2/c1-18(2,3)25-17(24)20-12-7-6-10-23(11-12)16-15(19)21-13-8-4-5-9-14(13)22-16/h4-5,8-9,12H,6-7,10-11H2,1-3H3,(H,20,24). The van der Waals surface area contributed by atoms with Crippen LogP contribution in [0.1, 0.15) is 33.6 Å². The molecule has 0 spiro atoms. The van der Waals surface area contributed by atoms with E-state index in [-0.39, 0.29) is 6.04 Å². The average Bonchev–Trinajstić information content (AvgIpc) is 2.52. The highest BCUT2D eigenvalue weighted by molar-refractivity contribution is 6.32. The van der Waals surface area contributed by atoms with Crippen molar-refractivity contribution in [1.29, 1.82) is 0 Å². The molecule has 25 heavy (non-hydrogen) atoms. The topological polar surface area (TPSA) is 67.3 Å². The average molecular weight is 363 g/mol. The van der Waals surface area contributed by atoms with Crippen LogP contribution in [-0.4, -0.2) is 40.8 Å². The van der Waals surface area contributed by atoms with E-state index in [2.05, 4.69) is 20.2 Å². The molecular weight excluding hydrogens is 340 g/mol. The molecule has 0 saturated carbocycles. The predicted octanol–water partition coefficient (Wildman–Crippen LogP) is 3.78. The molecule has 1 fully saturated rings. The fourth-order valence-electron chi connectivity index (χ4n) is 2.93. The third-order valence-electron chi connectivity index (χ3n) is 3.95. The number of rotatable bonds is 2. The Morgan fingerprint density at radius 3 is 2.64 bits per heavy atom. The van der Waals surface area contributed by atoms with Crippen LogP contribution in [0, 0.1) is 0 Å². The number of para-hydroxylation sites is 2. The van der Waals surface area contributed by atoms with Gasteiger partial charge in [-0.2, -0.15) is 0 Å². The number of amides is 1. The van der Waals surface area contributed by atoms with E-state index in [4.69, 9.17) is 16.3 Å². The molecule has 1 atom stereocenters. The normalized spacial score (nSPS) is 18.2. The summed E-state index contributed by atoms with van der Waals surface area (Å²) in [4.78, 5) is 23.2. The smallest absolute Gasteiger partial charge is 0.407 e. The second kappa shape index (κ2) is 7.04. The largest absolute Gasteiger partial charge is 0.444 e. The van der Waals surface area contributed by atoms with Crippen molar-refractivity contribution in [3.8, 4) is 0 Å². The van der Waals surface area contributed by atoms with Crippen molar-refractivity contribution in [1.82, 2.24) is 15.3 Å². The Labute approximate surface area is 152 Å². The summed E-state index contributed by atoms with van der Waals surface area (Å²) in [6, 6.07) is 7.64. The summed E-state index contributed by atoms with van der Waals surface area (Å²) < 4.78 is 5.34. The van der Waals surface area contributed by atoms with E-state index in [0.29, 0.717) is 17.5 Å². The van der Waals surface area contributed by atoms with Gasteiger partial charge in [-0.3, -0.25) is 0 Å². The van der Waals surface area contributed by atoms with Gasteiger partial charge in [0.1, 0.15) is 5.60 Å². The van der Waals surface area contributed by atoms with E-state index in [1.165, 1.54) is 0 Å². The summed E-state index contributed by atoms with van der Waals surface area (Å²) in [6.45, 7) is 7.02. The number of carbonyl (C=O) groups excluding carboxylic acids is 1. The minimum absolute atomic E-state index is 0.00654. The lowest BCUT2D eigenvalue weighted by Crippen LogP contribution is -2.49. The second-order valence-electron chi connectivity index (χ2n) is 7.26. The Hall–Kier alpha value is -2.08. The van der Waals surface area contributed by atoms with Crippen molar-refractivity contribution in [2.24, 2.45) is 0 Å². The van der Waals surface area contributed by atoms with Gasteiger partial charge in [0.15, 0.2) is 11.0 Å². The molecular formula is C18H23ClN4O2. The van der Waals surface area contributed by atoms with E-state index < -0.39 is 11.7 Å². The zero-order valence-corrected chi connectivity index (χ0v) is 15.5. The van der Waals surface area contributed by atoms with Crippen LogP contribution >= 0.6 is 11.6 Å². The van der Waals surface area contributed by atoms with E-state index in [1.54, 1.807) is 0 Å². The van der Waals surface area contributed by atoms with Crippen LogP contribution in [0.3, 0.4) is 0 Å². The molecule has 1 aliphatic rings. The van der Waals surface area contributed by atoms with Crippen LogP contribution in [0.25, 0.3) is 11.0 Å². The number of aromatic nitrogens is 2. The molecule has 2 heterocycles. The van der Waals surface area contributed by atoms with Gasteiger partial charge in [0.2, 0.25) is 0 Å². The first kappa shape index (κ1) is 17.7. The molecule has 3 rings (SSSR count). The molecule has 6 nitrogen and oxygen atoms in total. The van der Waals surface area contributed by atoms with Gasteiger partial charge >= 0.3 is 6.09 Å². The molecule has 1 N–H and O–H groups in total. The summed E-state index contributed by atoms with van der Waals surface area (Å²) in [7, 11) is 0. The highest BCUT2D eigenvalue weighted by atomic mass is 35.5. The maximum Gasteiger partial charge on any atom is 0.407 e. The van der Waals surface area contributed by atoms with Crippen LogP contribution in [0.4, 0.5) is 10.6 Å². The summed E-state index contributed by atoms with van der Waals surface area (Å²) in [6.07, 6.45) is 1.44. The number of ether oxygens (including phenoxy) is 1. The number of piperidine rings is 1. The van der Waals surface area contributed by atoms with Gasteiger partial charge in [-0.15, -0.1) is 0 Å². The SMILES string of the molecule is CC(C)(C)OC(=O)NC1CCCN(c2nc3ccccc3nc2Cl)C1. The highest BCUT2D eigenvalue weighted by Crippen LogP contribution is 2.27. The van der Waals surface area contributed by atoms with E-state index in [0.717, 1.165) is 30.4 Å². The second-order valence-corrected chi connectivity index (χ2v) is 7.62. The molecule has 1 aromatic carbocycles. The molecule has 7 heteroatoms. The van der Waals surface area contributed by atoms with E-state index in [9.17, 15) is 4.79 Å². The highest BCUT2D eigenvalue weighted by Gasteiger charge is 2.26. The zero-order chi connectivity index (χ0) is 18.0.